The van der Waals surface area contributed by atoms with Gasteiger partial charge in [0, 0.05) is 0 Å². The maximum absolute atomic E-state index is 5.89. The summed E-state index contributed by atoms with van der Waals surface area (Å²) < 4.78 is 5.89. The van der Waals surface area contributed by atoms with Crippen LogP contribution in [0.5, 0.6) is 0 Å². The zero-order valence-electron chi connectivity index (χ0n) is 9.73. The molecular formula is C13H19NO. The van der Waals surface area contributed by atoms with Crippen molar-refractivity contribution in [2.24, 2.45) is 0 Å². The maximum atomic E-state index is 5.89. The van der Waals surface area contributed by atoms with Crippen LogP contribution in [-0.4, -0.2) is 25.1 Å². The van der Waals surface area contributed by atoms with Crippen molar-refractivity contribution >= 4 is 0 Å². The number of likely N-dealkylation sites (N-methyl/N-ethyl adjacent to an activating group) is 1. The van der Waals surface area contributed by atoms with E-state index >= 15 is 0 Å². The first-order chi connectivity index (χ1) is 7.24. The van der Waals surface area contributed by atoms with E-state index in [0.717, 1.165) is 13.0 Å². The lowest BCUT2D eigenvalue weighted by atomic mass is 9.92. The van der Waals surface area contributed by atoms with Crippen LogP contribution in [0.15, 0.2) is 24.3 Å². The number of hydrogen-bond acceptors (Lipinski definition) is 2. The van der Waals surface area contributed by atoms with Gasteiger partial charge in [0.15, 0.2) is 0 Å². The zero-order valence-corrected chi connectivity index (χ0v) is 9.73. The first kappa shape index (κ1) is 10.7. The van der Waals surface area contributed by atoms with Gasteiger partial charge in [-0.15, -0.1) is 0 Å². The molecule has 2 rings (SSSR count). The number of nitrogens with zero attached hydrogens (tertiary/aromatic N) is 1. The third-order valence-corrected chi connectivity index (χ3v) is 3.14. The van der Waals surface area contributed by atoms with Crippen LogP contribution in [0.25, 0.3) is 0 Å². The van der Waals surface area contributed by atoms with E-state index in [1.54, 1.807) is 0 Å². The second-order valence-electron chi connectivity index (χ2n) is 4.36. The van der Waals surface area contributed by atoms with Crippen molar-refractivity contribution in [3.05, 3.63) is 35.4 Å². The van der Waals surface area contributed by atoms with Gasteiger partial charge in [0.1, 0.15) is 0 Å². The fraction of sp³-hybridized carbons (Fsp3) is 0.538. The van der Waals surface area contributed by atoms with E-state index in [9.17, 15) is 0 Å². The fourth-order valence-electron chi connectivity index (χ4n) is 2.39. The average molecular weight is 205 g/mol. The Balaban J connectivity index is 2.38. The molecule has 2 nitrogen and oxygen atoms in total. The third-order valence-electron chi connectivity index (χ3n) is 3.14. The molecule has 0 N–H and O–H groups in total. The number of hydrogen-bond donors (Lipinski definition) is 0. The summed E-state index contributed by atoms with van der Waals surface area (Å²) in [5.74, 6) is 0. The van der Waals surface area contributed by atoms with Crippen LogP contribution in [0.1, 0.15) is 30.5 Å². The van der Waals surface area contributed by atoms with E-state index in [4.69, 9.17) is 4.74 Å². The van der Waals surface area contributed by atoms with Crippen molar-refractivity contribution in [3.8, 4) is 0 Å². The summed E-state index contributed by atoms with van der Waals surface area (Å²) in [6.45, 7) is 2.95. The molecule has 1 aliphatic heterocycles. The highest BCUT2D eigenvalue weighted by Crippen LogP contribution is 2.33. The lowest BCUT2D eigenvalue weighted by Crippen LogP contribution is -2.36. The normalized spacial score (nSPS) is 25.3. The van der Waals surface area contributed by atoms with Gasteiger partial charge in [0.25, 0.3) is 0 Å². The van der Waals surface area contributed by atoms with Crippen LogP contribution in [-0.2, 0) is 11.3 Å². The Bertz CT molecular complexity index is 335. The topological polar surface area (TPSA) is 12.5 Å². The lowest BCUT2D eigenvalue weighted by Gasteiger charge is -2.37. The molecule has 0 aromatic heterocycles. The third kappa shape index (κ3) is 1.92. The van der Waals surface area contributed by atoms with Crippen LogP contribution in [0, 0.1) is 0 Å². The van der Waals surface area contributed by atoms with Gasteiger partial charge in [-0.3, -0.25) is 0 Å². The monoisotopic (exact) mass is 205 g/mol. The van der Waals surface area contributed by atoms with Crippen molar-refractivity contribution in [2.45, 2.75) is 32.1 Å². The Kier molecular flexibility index (Phi) is 3.08. The second-order valence-corrected chi connectivity index (χ2v) is 4.36. The van der Waals surface area contributed by atoms with Gasteiger partial charge in [-0.25, -0.2) is 0 Å². The van der Waals surface area contributed by atoms with Gasteiger partial charge < -0.3 is 9.64 Å². The summed E-state index contributed by atoms with van der Waals surface area (Å²) >= 11 is 0. The van der Waals surface area contributed by atoms with Gasteiger partial charge in [-0.1, -0.05) is 31.2 Å². The minimum atomic E-state index is 0.329. The summed E-state index contributed by atoms with van der Waals surface area (Å²) in [5.41, 5.74) is 2.77. The molecular weight excluding hydrogens is 186 g/mol. The molecule has 0 fully saturated rings. The standard InChI is InChI=1S/C13H19NO/c1-4-12-13(14(2)3)11-8-6-5-7-10(11)9-15-12/h5-8,12-13H,4,9H2,1-3H3. The minimum absolute atomic E-state index is 0.329. The molecule has 15 heavy (non-hydrogen) atoms. The van der Waals surface area contributed by atoms with Crippen LogP contribution in [0.3, 0.4) is 0 Å². The molecule has 2 heteroatoms. The Labute approximate surface area is 91.9 Å². The average Bonchev–Trinajstić information content (AvgIpc) is 2.27. The van der Waals surface area contributed by atoms with E-state index in [1.165, 1.54) is 11.1 Å². The van der Waals surface area contributed by atoms with E-state index < -0.39 is 0 Å². The highest BCUT2D eigenvalue weighted by molar-refractivity contribution is 5.32. The number of ether oxygens (including phenoxy) is 1. The zero-order chi connectivity index (χ0) is 10.8. The highest BCUT2D eigenvalue weighted by Gasteiger charge is 2.30. The van der Waals surface area contributed by atoms with E-state index in [-0.39, 0.29) is 0 Å². The van der Waals surface area contributed by atoms with Gasteiger partial charge in [0.05, 0.1) is 18.8 Å². The Morgan fingerprint density at radius 2 is 2.07 bits per heavy atom. The van der Waals surface area contributed by atoms with Crippen molar-refractivity contribution in [2.75, 3.05) is 14.1 Å². The molecule has 0 bridgehead atoms. The summed E-state index contributed by atoms with van der Waals surface area (Å²) in [6.07, 6.45) is 1.40. The first-order valence-electron chi connectivity index (χ1n) is 5.60. The molecule has 0 amide bonds. The van der Waals surface area contributed by atoms with E-state index in [2.05, 4.69) is 50.2 Å². The van der Waals surface area contributed by atoms with E-state index in [1.807, 2.05) is 0 Å². The molecule has 0 saturated carbocycles. The molecule has 1 aromatic rings. The second kappa shape index (κ2) is 4.33. The molecule has 82 valence electrons. The number of fused-ring (bicyclic) bond motifs is 1. The van der Waals surface area contributed by atoms with Crippen molar-refractivity contribution in [3.63, 3.8) is 0 Å². The van der Waals surface area contributed by atoms with Gasteiger partial charge in [-0.05, 0) is 31.6 Å². The van der Waals surface area contributed by atoms with Gasteiger partial charge >= 0.3 is 0 Å². The molecule has 0 aliphatic carbocycles. The van der Waals surface area contributed by atoms with Gasteiger partial charge in [-0.2, -0.15) is 0 Å². The highest BCUT2D eigenvalue weighted by atomic mass is 16.5. The van der Waals surface area contributed by atoms with Crippen molar-refractivity contribution in [1.82, 2.24) is 4.90 Å². The molecule has 2 atom stereocenters. The Morgan fingerprint density at radius 1 is 1.33 bits per heavy atom. The van der Waals surface area contributed by atoms with Crippen molar-refractivity contribution in [1.29, 1.82) is 0 Å². The Morgan fingerprint density at radius 3 is 2.73 bits per heavy atom. The molecule has 0 spiro atoms. The number of rotatable bonds is 2. The largest absolute Gasteiger partial charge is 0.372 e. The van der Waals surface area contributed by atoms with Crippen molar-refractivity contribution < 1.29 is 4.74 Å². The van der Waals surface area contributed by atoms with Crippen LogP contribution in [0.2, 0.25) is 0 Å². The molecule has 1 heterocycles. The smallest absolute Gasteiger partial charge is 0.0773 e. The molecule has 0 radical (unpaired) electrons. The minimum Gasteiger partial charge on any atom is -0.372 e. The predicted molar refractivity (Wildman–Crippen MR) is 61.7 cm³/mol. The van der Waals surface area contributed by atoms with Crippen LogP contribution in [0.4, 0.5) is 0 Å². The summed E-state index contributed by atoms with van der Waals surface area (Å²) in [7, 11) is 4.25. The van der Waals surface area contributed by atoms with Crippen LogP contribution >= 0.6 is 0 Å². The maximum Gasteiger partial charge on any atom is 0.0773 e. The first-order valence-corrected chi connectivity index (χ1v) is 5.60. The molecule has 1 aliphatic rings. The summed E-state index contributed by atoms with van der Waals surface area (Å²) in [5, 5.41) is 0. The molecule has 1 aromatic carbocycles. The Hall–Kier alpha value is -0.860. The molecule has 2 unspecified atom stereocenters. The van der Waals surface area contributed by atoms with Crippen LogP contribution < -0.4 is 0 Å². The summed E-state index contributed by atoms with van der Waals surface area (Å²) in [4.78, 5) is 2.26. The fourth-order valence-corrected chi connectivity index (χ4v) is 2.39. The van der Waals surface area contributed by atoms with E-state index in [0.29, 0.717) is 12.1 Å². The summed E-state index contributed by atoms with van der Waals surface area (Å²) in [6, 6.07) is 9.00. The number of benzene rings is 1. The molecule has 0 saturated heterocycles. The predicted octanol–water partition coefficient (Wildman–Crippen LogP) is 2.60. The quantitative estimate of drug-likeness (QED) is 0.736. The van der Waals surface area contributed by atoms with Gasteiger partial charge in [0.2, 0.25) is 0 Å². The SMILES string of the molecule is CCC1OCc2ccccc2C1N(C)C. The lowest BCUT2D eigenvalue weighted by molar-refractivity contribution is -0.0300.